The molecule has 0 N–H and O–H groups in total. The van der Waals surface area contributed by atoms with Crippen LogP contribution in [0.15, 0.2) is 24.3 Å². The topological polar surface area (TPSA) is 0 Å². The smallest absolute Gasteiger partial charge is 0.0127 e. The molecule has 14 heavy (non-hydrogen) atoms. The van der Waals surface area contributed by atoms with Gasteiger partial charge in [-0.2, -0.15) is 0 Å². The molecule has 1 aromatic carbocycles. The summed E-state index contributed by atoms with van der Waals surface area (Å²) in [7, 11) is 1.56. The Balaban J connectivity index is 1.92. The van der Waals surface area contributed by atoms with E-state index in [-0.39, 0.29) is 0 Å². The van der Waals surface area contributed by atoms with Gasteiger partial charge in [-0.1, -0.05) is 49.1 Å². The van der Waals surface area contributed by atoms with E-state index in [0.29, 0.717) is 0 Å². The van der Waals surface area contributed by atoms with Crippen LogP contribution >= 0.6 is 8.58 Å². The molecule has 0 aliphatic heterocycles. The molecule has 0 nitrogen and oxygen atoms in total. The molecule has 0 unspecified atom stereocenters. The fourth-order valence-electron chi connectivity index (χ4n) is 2.05. The maximum Gasteiger partial charge on any atom is -0.0127 e. The van der Waals surface area contributed by atoms with E-state index in [1.54, 1.807) is 8.58 Å². The molecule has 0 atom stereocenters. The van der Waals surface area contributed by atoms with Crippen molar-refractivity contribution in [3.05, 3.63) is 29.8 Å². The van der Waals surface area contributed by atoms with Crippen LogP contribution in [0.5, 0.6) is 0 Å². The Hall–Kier alpha value is -0.350. The molecule has 2 rings (SSSR count). The van der Waals surface area contributed by atoms with E-state index in [0.717, 1.165) is 5.66 Å². The molecule has 0 aromatic heterocycles. The van der Waals surface area contributed by atoms with Crippen molar-refractivity contribution < 1.29 is 0 Å². The summed E-state index contributed by atoms with van der Waals surface area (Å²) in [6.07, 6.45) is 7.23. The van der Waals surface area contributed by atoms with Crippen LogP contribution in [0, 0.1) is 6.92 Å². The monoisotopic (exact) mass is 205 g/mol. The molecule has 1 radical (unpaired) electrons. The van der Waals surface area contributed by atoms with Gasteiger partial charge in [-0.25, -0.2) is 0 Å². The van der Waals surface area contributed by atoms with E-state index in [9.17, 15) is 0 Å². The summed E-state index contributed by atoms with van der Waals surface area (Å²) in [5, 5.41) is 1.50. The number of benzene rings is 1. The number of hydrogen-bond donors (Lipinski definition) is 0. The van der Waals surface area contributed by atoms with Gasteiger partial charge in [0.1, 0.15) is 0 Å². The lowest BCUT2D eigenvalue weighted by molar-refractivity contribution is 0.514. The van der Waals surface area contributed by atoms with E-state index >= 15 is 0 Å². The second kappa shape index (κ2) is 4.94. The Bertz CT molecular complexity index is 270. The highest BCUT2D eigenvalue weighted by Crippen LogP contribution is 2.32. The van der Waals surface area contributed by atoms with Gasteiger partial charge in [0, 0.05) is 0 Å². The van der Waals surface area contributed by atoms with Crippen LogP contribution in [0.4, 0.5) is 0 Å². The van der Waals surface area contributed by atoms with E-state index in [1.165, 1.54) is 43.0 Å². The molecule has 1 saturated carbocycles. The van der Waals surface area contributed by atoms with Gasteiger partial charge in [-0.05, 0) is 39.3 Å². The first kappa shape index (κ1) is 10.2. The molecule has 0 spiro atoms. The summed E-state index contributed by atoms with van der Waals surface area (Å²) in [4.78, 5) is 0. The number of hydrogen-bond acceptors (Lipinski definition) is 0. The van der Waals surface area contributed by atoms with Gasteiger partial charge >= 0.3 is 0 Å². The van der Waals surface area contributed by atoms with Crippen LogP contribution in [0.2, 0.25) is 0 Å². The Labute approximate surface area is 88.9 Å². The largest absolute Gasteiger partial charge is 0.0587 e. The van der Waals surface area contributed by atoms with Crippen molar-refractivity contribution >= 4 is 13.9 Å². The third-order valence-corrected chi connectivity index (χ3v) is 4.42. The Morgan fingerprint density at radius 2 is 1.64 bits per heavy atom. The van der Waals surface area contributed by atoms with Gasteiger partial charge in [0.05, 0.1) is 0 Å². The van der Waals surface area contributed by atoms with Gasteiger partial charge in [-0.3, -0.25) is 0 Å². The fraction of sp³-hybridized carbons (Fsp3) is 0.538. The molecule has 1 aliphatic carbocycles. The first-order valence-corrected chi connectivity index (χ1v) is 6.58. The average molecular weight is 205 g/mol. The standard InChI is InChI=1S/C13H18P/c1-11-7-9-13(10-8-11)14-12-5-3-2-4-6-12/h7-10,12H,2-6H2,1H3. The van der Waals surface area contributed by atoms with Gasteiger partial charge in [0.25, 0.3) is 0 Å². The predicted molar refractivity (Wildman–Crippen MR) is 64.6 cm³/mol. The number of rotatable bonds is 2. The molecule has 1 aliphatic rings. The van der Waals surface area contributed by atoms with Crippen LogP contribution in [0.3, 0.4) is 0 Å². The summed E-state index contributed by atoms with van der Waals surface area (Å²) in [6.45, 7) is 2.15. The molecule has 75 valence electrons. The first-order chi connectivity index (χ1) is 6.84. The van der Waals surface area contributed by atoms with E-state index < -0.39 is 0 Å². The second-order valence-electron chi connectivity index (χ2n) is 4.26. The lowest BCUT2D eigenvalue weighted by atomic mass is 10.0. The highest BCUT2D eigenvalue weighted by atomic mass is 31.1. The van der Waals surface area contributed by atoms with Crippen LogP contribution < -0.4 is 5.30 Å². The minimum absolute atomic E-state index is 0.937. The zero-order valence-electron chi connectivity index (χ0n) is 8.87. The Kier molecular flexibility index (Phi) is 3.59. The highest BCUT2D eigenvalue weighted by molar-refractivity contribution is 7.48. The minimum atomic E-state index is 0.937. The summed E-state index contributed by atoms with van der Waals surface area (Å²) < 4.78 is 0. The summed E-state index contributed by atoms with van der Waals surface area (Å²) in [6, 6.07) is 9.02. The summed E-state index contributed by atoms with van der Waals surface area (Å²) in [5.74, 6) is 0. The molecule has 1 aromatic rings. The van der Waals surface area contributed by atoms with Crippen molar-refractivity contribution in [1.29, 1.82) is 0 Å². The highest BCUT2D eigenvalue weighted by Gasteiger charge is 2.14. The van der Waals surface area contributed by atoms with Crippen LogP contribution in [0.25, 0.3) is 0 Å². The van der Waals surface area contributed by atoms with Crippen molar-refractivity contribution in [1.82, 2.24) is 0 Å². The van der Waals surface area contributed by atoms with Crippen molar-refractivity contribution in [3.8, 4) is 0 Å². The molecule has 0 amide bonds. The van der Waals surface area contributed by atoms with Crippen molar-refractivity contribution in [2.45, 2.75) is 44.7 Å². The molecule has 0 bridgehead atoms. The fourth-order valence-corrected chi connectivity index (χ4v) is 3.42. The van der Waals surface area contributed by atoms with Crippen LogP contribution in [-0.2, 0) is 0 Å². The van der Waals surface area contributed by atoms with Gasteiger partial charge < -0.3 is 0 Å². The summed E-state index contributed by atoms with van der Waals surface area (Å²) >= 11 is 0. The van der Waals surface area contributed by atoms with Crippen molar-refractivity contribution in [3.63, 3.8) is 0 Å². The van der Waals surface area contributed by atoms with E-state index in [4.69, 9.17) is 0 Å². The maximum atomic E-state index is 2.28. The normalized spacial score (nSPS) is 19.2. The average Bonchev–Trinajstić information content (AvgIpc) is 2.23. The van der Waals surface area contributed by atoms with Gasteiger partial charge in [0.15, 0.2) is 0 Å². The zero-order chi connectivity index (χ0) is 9.80. The molecule has 1 heteroatoms. The molecule has 0 heterocycles. The van der Waals surface area contributed by atoms with Crippen LogP contribution in [0.1, 0.15) is 37.7 Å². The quantitative estimate of drug-likeness (QED) is 0.642. The lowest BCUT2D eigenvalue weighted by Crippen LogP contribution is -2.10. The molecule has 1 fully saturated rings. The third-order valence-electron chi connectivity index (χ3n) is 2.94. The van der Waals surface area contributed by atoms with Gasteiger partial charge in [0.2, 0.25) is 0 Å². The maximum absolute atomic E-state index is 2.28. The predicted octanol–water partition coefficient (Wildman–Crippen LogP) is 3.90. The molecular weight excluding hydrogens is 187 g/mol. The zero-order valence-corrected chi connectivity index (χ0v) is 9.76. The molecule has 0 saturated heterocycles. The van der Waals surface area contributed by atoms with Crippen molar-refractivity contribution in [2.24, 2.45) is 0 Å². The lowest BCUT2D eigenvalue weighted by Gasteiger charge is -2.20. The van der Waals surface area contributed by atoms with Gasteiger partial charge in [-0.15, -0.1) is 0 Å². The summed E-state index contributed by atoms with van der Waals surface area (Å²) in [5.41, 5.74) is 2.30. The van der Waals surface area contributed by atoms with E-state index in [1.807, 2.05) is 0 Å². The number of aryl methyl sites for hydroxylation is 1. The molecular formula is C13H18P. The second-order valence-corrected chi connectivity index (χ2v) is 5.76. The minimum Gasteiger partial charge on any atom is -0.0587 e. The Morgan fingerprint density at radius 1 is 1.00 bits per heavy atom. The Morgan fingerprint density at radius 3 is 2.29 bits per heavy atom. The third kappa shape index (κ3) is 2.82. The van der Waals surface area contributed by atoms with Crippen LogP contribution in [-0.4, -0.2) is 5.66 Å². The SMILES string of the molecule is Cc1ccc([P]C2CCCCC2)cc1. The van der Waals surface area contributed by atoms with Crippen molar-refractivity contribution in [2.75, 3.05) is 0 Å². The van der Waals surface area contributed by atoms with E-state index in [2.05, 4.69) is 31.2 Å². The first-order valence-electron chi connectivity index (χ1n) is 5.62.